The maximum Gasteiger partial charge on any atom is 0.381 e. The molecule has 1 aromatic rings. The van der Waals surface area contributed by atoms with Gasteiger partial charge in [0.05, 0.1) is 0 Å². The molecule has 1 heterocycles. The predicted octanol–water partition coefficient (Wildman–Crippen LogP) is 2.72. The van der Waals surface area contributed by atoms with Crippen LogP contribution in [0.5, 0.6) is 0 Å². The van der Waals surface area contributed by atoms with Crippen LogP contribution in [0.1, 0.15) is 0 Å². The van der Waals surface area contributed by atoms with Crippen molar-refractivity contribution in [1.82, 2.24) is 0 Å². The van der Waals surface area contributed by atoms with Gasteiger partial charge in [-0.05, 0) is 24.0 Å². The van der Waals surface area contributed by atoms with Gasteiger partial charge in [-0.15, -0.1) is 19.7 Å². The van der Waals surface area contributed by atoms with Gasteiger partial charge in [0.2, 0.25) is 0 Å². The quantitative estimate of drug-likeness (QED) is 0.798. The molecule has 0 amide bonds. The molecule has 1 fully saturated rings. The molecule has 0 radical (unpaired) electrons. The summed E-state index contributed by atoms with van der Waals surface area (Å²) in [5.41, 5.74) is 5.44. The molecule has 6 heteroatoms. The summed E-state index contributed by atoms with van der Waals surface area (Å²) in [6.07, 6.45) is 0. The van der Waals surface area contributed by atoms with Gasteiger partial charge >= 0.3 is 25.7 Å². The van der Waals surface area contributed by atoms with E-state index in [1.54, 1.807) is 11.4 Å². The van der Waals surface area contributed by atoms with Crippen molar-refractivity contribution in [2.24, 2.45) is 0 Å². The van der Waals surface area contributed by atoms with Gasteiger partial charge < -0.3 is 12.3 Å². The van der Waals surface area contributed by atoms with Crippen LogP contribution in [-0.2, 0) is 12.3 Å². The van der Waals surface area contributed by atoms with Crippen LogP contribution in [0.3, 0.4) is 0 Å². The monoisotopic (exact) mass is 320 g/mol. The first-order valence-electron chi connectivity index (χ1n) is 6.48. The highest BCUT2D eigenvalue weighted by molar-refractivity contribution is 7.03. The molecule has 2 rings (SSSR count). The summed E-state index contributed by atoms with van der Waals surface area (Å²) < 4.78 is 18.8. The zero-order valence-electron chi connectivity index (χ0n) is 12.0. The Labute approximate surface area is 123 Å². The van der Waals surface area contributed by atoms with E-state index in [0.29, 0.717) is 0 Å². The molecule has 2 unspecified atom stereocenters. The Balaban J connectivity index is 2.54. The second-order valence-corrected chi connectivity index (χ2v) is 14.6. The minimum atomic E-state index is -2.73. The molecule has 106 valence electrons. The Kier molecular flexibility index (Phi) is 4.14. The van der Waals surface area contributed by atoms with E-state index >= 15 is 0 Å². The standard InChI is InChI=1S/C14H20O3Si3/c1-6-18(4)15-19(5,7-2)17-20(8-3,16-18)14-12-10-9-11-13-14/h6-13H,1-3H2,4-5H3. The molecule has 20 heavy (non-hydrogen) atoms. The highest BCUT2D eigenvalue weighted by Gasteiger charge is 2.56. The molecule has 0 aromatic heterocycles. The van der Waals surface area contributed by atoms with Gasteiger partial charge in [-0.25, -0.2) is 0 Å². The first kappa shape index (κ1) is 15.4. The molecule has 1 aliphatic heterocycles. The van der Waals surface area contributed by atoms with Crippen molar-refractivity contribution in [2.45, 2.75) is 13.1 Å². The van der Waals surface area contributed by atoms with Gasteiger partial charge in [-0.2, -0.15) is 0 Å². The zero-order valence-corrected chi connectivity index (χ0v) is 15.0. The topological polar surface area (TPSA) is 27.7 Å². The van der Waals surface area contributed by atoms with E-state index in [-0.39, 0.29) is 0 Å². The maximum absolute atomic E-state index is 6.33. The Hall–Kier alpha value is -1.03. The lowest BCUT2D eigenvalue weighted by molar-refractivity contribution is 0.255. The van der Waals surface area contributed by atoms with E-state index in [1.165, 1.54) is 0 Å². The fourth-order valence-electron chi connectivity index (χ4n) is 2.22. The van der Waals surface area contributed by atoms with Gasteiger partial charge in [-0.3, -0.25) is 0 Å². The van der Waals surface area contributed by atoms with Gasteiger partial charge in [0.25, 0.3) is 0 Å². The van der Waals surface area contributed by atoms with Crippen molar-refractivity contribution < 1.29 is 12.3 Å². The number of hydrogen-bond acceptors (Lipinski definition) is 3. The second-order valence-electron chi connectivity index (χ2n) is 4.98. The predicted molar refractivity (Wildman–Crippen MR) is 88.9 cm³/mol. The Morgan fingerprint density at radius 3 is 1.70 bits per heavy atom. The van der Waals surface area contributed by atoms with Crippen LogP contribution in [0.2, 0.25) is 13.1 Å². The zero-order chi connectivity index (χ0) is 14.9. The van der Waals surface area contributed by atoms with Crippen LogP contribution in [0.4, 0.5) is 0 Å². The van der Waals surface area contributed by atoms with Gasteiger partial charge in [-0.1, -0.05) is 41.7 Å². The van der Waals surface area contributed by atoms with Crippen molar-refractivity contribution in [1.29, 1.82) is 0 Å². The van der Waals surface area contributed by atoms with Gasteiger partial charge in [0, 0.05) is 0 Å². The summed E-state index contributed by atoms with van der Waals surface area (Å²) >= 11 is 0. The molecule has 0 spiro atoms. The molecular formula is C14H20O3Si3. The van der Waals surface area contributed by atoms with Gasteiger partial charge in [0.1, 0.15) is 0 Å². The lowest BCUT2D eigenvalue weighted by Crippen LogP contribution is -2.71. The summed E-state index contributed by atoms with van der Waals surface area (Å²) in [5.74, 6) is 0. The normalized spacial score (nSPS) is 37.1. The Morgan fingerprint density at radius 1 is 0.800 bits per heavy atom. The first-order valence-corrected chi connectivity index (χ1v) is 13.2. The van der Waals surface area contributed by atoms with Crippen molar-refractivity contribution >= 4 is 30.9 Å². The molecule has 0 saturated carbocycles. The van der Waals surface area contributed by atoms with Crippen LogP contribution in [0.25, 0.3) is 0 Å². The van der Waals surface area contributed by atoms with Crippen LogP contribution < -0.4 is 5.19 Å². The SMILES string of the molecule is C=C[Si]1(C)O[Si](C)(C=C)O[Si](C=C)(c2ccccc2)O1. The fourth-order valence-corrected chi connectivity index (χ4v) is 15.7. The first-order chi connectivity index (χ1) is 9.41. The fraction of sp³-hybridized carbons (Fsp3) is 0.143. The Morgan fingerprint density at radius 2 is 1.30 bits per heavy atom. The molecule has 3 nitrogen and oxygen atoms in total. The van der Waals surface area contributed by atoms with Crippen LogP contribution in [0, 0.1) is 0 Å². The summed E-state index contributed by atoms with van der Waals surface area (Å²) in [5, 5.41) is 1.04. The van der Waals surface area contributed by atoms with Crippen molar-refractivity contribution in [2.75, 3.05) is 0 Å². The van der Waals surface area contributed by atoms with E-state index in [0.717, 1.165) is 5.19 Å². The summed E-state index contributed by atoms with van der Waals surface area (Å²) in [7, 11) is -7.70. The number of rotatable bonds is 4. The third-order valence-electron chi connectivity index (χ3n) is 3.30. The highest BCUT2D eigenvalue weighted by Crippen LogP contribution is 2.32. The second kappa shape index (κ2) is 5.40. The van der Waals surface area contributed by atoms with E-state index < -0.39 is 25.7 Å². The lowest BCUT2D eigenvalue weighted by Gasteiger charge is -2.48. The lowest BCUT2D eigenvalue weighted by atomic mass is 10.4. The largest absolute Gasteiger partial charge is 0.410 e. The van der Waals surface area contributed by atoms with E-state index in [1.807, 2.05) is 49.1 Å². The Bertz CT molecular complexity index is 512. The molecule has 2 atom stereocenters. The minimum Gasteiger partial charge on any atom is -0.410 e. The van der Waals surface area contributed by atoms with E-state index in [4.69, 9.17) is 12.3 Å². The van der Waals surface area contributed by atoms with Crippen molar-refractivity contribution in [3.63, 3.8) is 0 Å². The van der Waals surface area contributed by atoms with E-state index in [9.17, 15) is 0 Å². The van der Waals surface area contributed by atoms with Gasteiger partial charge in [0.15, 0.2) is 0 Å². The number of benzene rings is 1. The maximum atomic E-state index is 6.33. The van der Waals surface area contributed by atoms with Crippen LogP contribution in [-0.4, -0.2) is 25.7 Å². The van der Waals surface area contributed by atoms with Crippen LogP contribution >= 0.6 is 0 Å². The summed E-state index contributed by atoms with van der Waals surface area (Å²) in [4.78, 5) is 0. The van der Waals surface area contributed by atoms with Crippen molar-refractivity contribution in [3.05, 3.63) is 67.2 Å². The molecule has 1 aromatic carbocycles. The highest BCUT2D eigenvalue weighted by atomic mass is 28.5. The number of hydrogen-bond donors (Lipinski definition) is 0. The van der Waals surface area contributed by atoms with E-state index in [2.05, 4.69) is 19.7 Å². The molecule has 0 aliphatic carbocycles. The smallest absolute Gasteiger partial charge is 0.381 e. The summed E-state index contributed by atoms with van der Waals surface area (Å²) in [6, 6.07) is 9.98. The summed E-state index contributed by atoms with van der Waals surface area (Å²) in [6.45, 7) is 15.7. The third-order valence-corrected chi connectivity index (χ3v) is 15.4. The van der Waals surface area contributed by atoms with Crippen molar-refractivity contribution in [3.8, 4) is 0 Å². The third kappa shape index (κ3) is 2.71. The molecular weight excluding hydrogens is 300 g/mol. The molecule has 0 N–H and O–H groups in total. The minimum absolute atomic E-state index is 1.04. The molecule has 1 aliphatic rings. The average Bonchev–Trinajstić information content (AvgIpc) is 2.47. The average molecular weight is 321 g/mol. The molecule has 0 bridgehead atoms. The molecule has 1 saturated heterocycles. The van der Waals surface area contributed by atoms with Crippen LogP contribution in [0.15, 0.2) is 67.2 Å².